The van der Waals surface area contributed by atoms with Crippen LogP contribution < -0.4 is 0 Å². The molecule has 0 saturated heterocycles. The van der Waals surface area contributed by atoms with Crippen LogP contribution in [0.4, 0.5) is 0 Å². The van der Waals surface area contributed by atoms with Crippen LogP contribution in [0.3, 0.4) is 0 Å². The summed E-state index contributed by atoms with van der Waals surface area (Å²) >= 11 is 0. The van der Waals surface area contributed by atoms with E-state index in [1.54, 1.807) is 12.1 Å². The van der Waals surface area contributed by atoms with E-state index in [2.05, 4.69) is 57.5 Å². The van der Waals surface area contributed by atoms with E-state index in [9.17, 15) is 4.79 Å². The second-order valence-corrected chi connectivity index (χ2v) is 22.4. The minimum Gasteiger partial charge on any atom is -0.456 e. The third kappa shape index (κ3) is 5.93. The fourth-order valence-corrected chi connectivity index (χ4v) is 17.3. The Kier molecular flexibility index (Phi) is 6.85. The number of hydrogen-bond acceptors (Lipinski definition) is 3. The molecule has 0 unspecified atom stereocenters. The van der Waals surface area contributed by atoms with Crippen LogP contribution in [0.5, 0.6) is 0 Å². The molecule has 0 aliphatic carbocycles. The molecule has 0 heterocycles. The van der Waals surface area contributed by atoms with E-state index in [0.717, 1.165) is 11.1 Å². The molecule has 0 atom stereocenters. The number of carbonyl (C=O) groups is 1. The third-order valence-corrected chi connectivity index (χ3v) is 14.4. The predicted octanol–water partition coefficient (Wildman–Crippen LogP) is 7.02. The monoisotopic (exact) mass is 437 g/mol. The number of rotatable bonds is 5. The molecule has 0 aliphatic rings. The normalized spacial score (nSPS) is 12.6. The molecule has 0 spiro atoms. The van der Waals surface area contributed by atoms with Crippen molar-refractivity contribution in [1.29, 1.82) is 5.26 Å². The summed E-state index contributed by atoms with van der Waals surface area (Å²) in [5, 5.41) is 9.72. The SMILES string of the molecule is CC(C)(C)OC(=O)c1ccc(C([Si](C)(C)C)[Si](C)(C)C)cc1-c1ccc(C#N)cc1. The number of carbonyl (C=O) groups excluding carboxylic acids is 1. The molecule has 2 aromatic carbocycles. The first-order valence-electron chi connectivity index (χ1n) is 10.5. The number of hydrogen-bond donors (Lipinski definition) is 0. The van der Waals surface area contributed by atoms with Gasteiger partial charge in [-0.1, -0.05) is 63.5 Å². The molecule has 0 fully saturated rings. The molecule has 0 saturated carbocycles. The highest BCUT2D eigenvalue weighted by Crippen LogP contribution is 2.38. The van der Waals surface area contributed by atoms with Gasteiger partial charge in [-0.2, -0.15) is 5.26 Å². The Morgan fingerprint density at radius 3 is 1.90 bits per heavy atom. The Labute approximate surface area is 184 Å². The Bertz CT molecular complexity index is 939. The van der Waals surface area contributed by atoms with Crippen LogP contribution in [0, 0.1) is 11.3 Å². The second kappa shape index (κ2) is 8.52. The number of nitrogens with zero attached hydrogens (tertiary/aromatic N) is 1. The summed E-state index contributed by atoms with van der Waals surface area (Å²) in [5.74, 6) is -0.314. The molecule has 5 heteroatoms. The fraction of sp³-hybridized carbons (Fsp3) is 0.440. The van der Waals surface area contributed by atoms with Gasteiger partial charge in [0.05, 0.1) is 17.2 Å². The Morgan fingerprint density at radius 1 is 0.933 bits per heavy atom. The van der Waals surface area contributed by atoms with Crippen molar-refractivity contribution in [1.82, 2.24) is 0 Å². The molecule has 0 bridgehead atoms. The van der Waals surface area contributed by atoms with Gasteiger partial charge in [-0.15, -0.1) is 0 Å². The van der Waals surface area contributed by atoms with Crippen molar-refractivity contribution in [3.05, 3.63) is 59.2 Å². The topological polar surface area (TPSA) is 50.1 Å². The zero-order valence-electron chi connectivity index (χ0n) is 19.9. The van der Waals surface area contributed by atoms with Crippen LogP contribution in [0.2, 0.25) is 39.3 Å². The summed E-state index contributed by atoms with van der Waals surface area (Å²) in [4.78, 5) is 13.0. The van der Waals surface area contributed by atoms with E-state index in [0.29, 0.717) is 16.3 Å². The molecular weight excluding hydrogens is 402 g/mol. The molecular formula is C25H35NO2Si2. The maximum Gasteiger partial charge on any atom is 0.339 e. The average Bonchev–Trinajstić information content (AvgIpc) is 2.57. The van der Waals surface area contributed by atoms with Crippen molar-refractivity contribution < 1.29 is 9.53 Å². The quantitative estimate of drug-likeness (QED) is 0.373. The Morgan fingerprint density at radius 2 is 1.47 bits per heavy atom. The van der Waals surface area contributed by atoms with E-state index in [4.69, 9.17) is 10.00 Å². The third-order valence-electron chi connectivity index (χ3n) is 5.05. The van der Waals surface area contributed by atoms with Crippen molar-refractivity contribution in [3.8, 4) is 17.2 Å². The molecule has 0 aromatic heterocycles. The lowest BCUT2D eigenvalue weighted by Gasteiger charge is -2.39. The van der Waals surface area contributed by atoms with E-state index in [1.165, 1.54) is 5.56 Å². The molecule has 30 heavy (non-hydrogen) atoms. The molecule has 0 amide bonds. The van der Waals surface area contributed by atoms with Crippen molar-refractivity contribution in [3.63, 3.8) is 0 Å². The summed E-state index contributed by atoms with van der Waals surface area (Å²) in [6.07, 6.45) is 0. The van der Waals surface area contributed by atoms with Crippen molar-refractivity contribution in [2.45, 2.75) is 70.8 Å². The van der Waals surface area contributed by atoms with E-state index in [1.807, 2.05) is 39.0 Å². The first-order chi connectivity index (χ1) is 13.6. The molecule has 0 N–H and O–H groups in total. The van der Waals surface area contributed by atoms with Crippen LogP contribution in [0.15, 0.2) is 42.5 Å². The van der Waals surface area contributed by atoms with Gasteiger partial charge in [0.25, 0.3) is 0 Å². The van der Waals surface area contributed by atoms with Crippen molar-refractivity contribution >= 4 is 22.1 Å². The van der Waals surface area contributed by atoms with E-state index >= 15 is 0 Å². The summed E-state index contributed by atoms with van der Waals surface area (Å²) in [6.45, 7) is 20.2. The first-order valence-corrected chi connectivity index (χ1v) is 17.7. The van der Waals surface area contributed by atoms with Crippen LogP contribution >= 0.6 is 0 Å². The van der Waals surface area contributed by atoms with Crippen LogP contribution in [0.25, 0.3) is 11.1 Å². The van der Waals surface area contributed by atoms with Gasteiger partial charge in [0.2, 0.25) is 0 Å². The second-order valence-electron chi connectivity index (χ2n) is 11.2. The Balaban J connectivity index is 2.70. The lowest BCUT2D eigenvalue weighted by Crippen LogP contribution is -2.46. The van der Waals surface area contributed by atoms with Gasteiger partial charge in [-0.25, -0.2) is 4.79 Å². The minimum atomic E-state index is -1.48. The smallest absolute Gasteiger partial charge is 0.339 e. The summed E-state index contributed by atoms with van der Waals surface area (Å²) < 4.78 is 5.69. The van der Waals surface area contributed by atoms with Crippen LogP contribution in [0.1, 0.15) is 47.4 Å². The Hall–Kier alpha value is -2.17. The zero-order chi connectivity index (χ0) is 22.9. The predicted molar refractivity (Wildman–Crippen MR) is 131 cm³/mol. The number of benzene rings is 2. The standard InChI is InChI=1S/C25H35NO2Si2/c1-25(2,3)28-23(27)21-15-14-20(24(29(4,5)6)30(7,8)9)16-22(21)19-12-10-18(17-26)11-13-19/h10-16,24H,1-9H3. The van der Waals surface area contributed by atoms with Crippen LogP contribution in [-0.2, 0) is 4.74 Å². The molecule has 3 nitrogen and oxygen atoms in total. The molecule has 2 rings (SSSR count). The number of esters is 1. The van der Waals surface area contributed by atoms with Gasteiger partial charge in [0.1, 0.15) is 5.60 Å². The average molecular weight is 438 g/mol. The largest absolute Gasteiger partial charge is 0.456 e. The number of ether oxygens (including phenoxy) is 1. The van der Waals surface area contributed by atoms with Crippen LogP contribution in [-0.4, -0.2) is 27.7 Å². The molecule has 2 aromatic rings. The highest BCUT2D eigenvalue weighted by atomic mass is 28.4. The molecule has 0 aliphatic heterocycles. The van der Waals surface area contributed by atoms with Gasteiger partial charge in [0.15, 0.2) is 0 Å². The fourth-order valence-electron chi connectivity index (χ4n) is 4.51. The van der Waals surface area contributed by atoms with Gasteiger partial charge in [0, 0.05) is 16.1 Å². The summed E-state index contributed by atoms with van der Waals surface area (Å²) in [5.41, 5.74) is 3.75. The maximum absolute atomic E-state index is 13.0. The highest BCUT2D eigenvalue weighted by molar-refractivity contribution is 6.96. The lowest BCUT2D eigenvalue weighted by atomic mass is 9.96. The summed E-state index contributed by atoms with van der Waals surface area (Å²) in [6, 6.07) is 15.9. The maximum atomic E-state index is 13.0. The molecule has 0 radical (unpaired) electrons. The van der Waals surface area contributed by atoms with Gasteiger partial charge < -0.3 is 4.74 Å². The first kappa shape index (κ1) is 24.1. The van der Waals surface area contributed by atoms with Gasteiger partial charge in [-0.3, -0.25) is 0 Å². The highest BCUT2D eigenvalue weighted by Gasteiger charge is 2.39. The zero-order valence-corrected chi connectivity index (χ0v) is 21.9. The van der Waals surface area contributed by atoms with Crippen molar-refractivity contribution in [2.75, 3.05) is 0 Å². The van der Waals surface area contributed by atoms with Gasteiger partial charge in [-0.05, 0) is 60.8 Å². The number of nitriles is 1. The minimum absolute atomic E-state index is 0.314. The van der Waals surface area contributed by atoms with Gasteiger partial charge >= 0.3 is 5.97 Å². The molecule has 160 valence electrons. The van der Waals surface area contributed by atoms with Crippen molar-refractivity contribution in [2.24, 2.45) is 0 Å². The van der Waals surface area contributed by atoms with E-state index < -0.39 is 21.7 Å². The summed E-state index contributed by atoms with van der Waals surface area (Å²) in [7, 11) is -2.96. The lowest BCUT2D eigenvalue weighted by molar-refractivity contribution is 0.00704. The van der Waals surface area contributed by atoms with E-state index in [-0.39, 0.29) is 5.97 Å².